The standard InChI is InChI=1S/C14H23BrN2OS.ClH/c1-18-9-8-17(10-12-4-6-16-7-5-12)11-13-2-3-14(15)19-13;/h2-3,12,16H,4-11H2,1H3;1H. The van der Waals surface area contributed by atoms with E-state index in [9.17, 15) is 0 Å². The number of nitrogens with zero attached hydrogens (tertiary/aromatic N) is 1. The van der Waals surface area contributed by atoms with E-state index in [2.05, 4.69) is 38.3 Å². The van der Waals surface area contributed by atoms with Crippen LogP contribution in [0, 0.1) is 5.92 Å². The summed E-state index contributed by atoms with van der Waals surface area (Å²) in [5, 5.41) is 3.44. The predicted octanol–water partition coefficient (Wildman–Crippen LogP) is 3.38. The molecule has 2 rings (SSSR count). The number of piperidine rings is 1. The highest BCUT2D eigenvalue weighted by molar-refractivity contribution is 9.11. The summed E-state index contributed by atoms with van der Waals surface area (Å²) in [4.78, 5) is 3.97. The smallest absolute Gasteiger partial charge is 0.0701 e. The number of rotatable bonds is 7. The molecule has 0 aliphatic carbocycles. The lowest BCUT2D eigenvalue weighted by Crippen LogP contribution is -2.37. The minimum Gasteiger partial charge on any atom is -0.383 e. The molecule has 3 nitrogen and oxygen atoms in total. The zero-order valence-electron chi connectivity index (χ0n) is 11.9. The summed E-state index contributed by atoms with van der Waals surface area (Å²) in [6, 6.07) is 4.36. The third kappa shape index (κ3) is 6.41. The van der Waals surface area contributed by atoms with Crippen molar-refractivity contribution in [1.82, 2.24) is 10.2 Å². The molecule has 1 aliphatic heterocycles. The van der Waals surface area contributed by atoms with E-state index >= 15 is 0 Å². The first-order valence-corrected chi connectivity index (χ1v) is 8.55. The van der Waals surface area contributed by atoms with E-state index in [1.54, 1.807) is 7.11 Å². The molecule has 116 valence electrons. The molecule has 0 saturated carbocycles. The summed E-state index contributed by atoms with van der Waals surface area (Å²) in [5.74, 6) is 0.835. The molecule has 1 fully saturated rings. The maximum Gasteiger partial charge on any atom is 0.0701 e. The molecule has 6 heteroatoms. The molecule has 0 atom stereocenters. The first-order valence-electron chi connectivity index (χ1n) is 6.94. The highest BCUT2D eigenvalue weighted by atomic mass is 79.9. The van der Waals surface area contributed by atoms with Crippen molar-refractivity contribution in [1.29, 1.82) is 0 Å². The average Bonchev–Trinajstić information content (AvgIpc) is 2.82. The van der Waals surface area contributed by atoms with E-state index < -0.39 is 0 Å². The van der Waals surface area contributed by atoms with Gasteiger partial charge < -0.3 is 10.1 Å². The second-order valence-corrected chi connectivity index (χ2v) is 7.67. The lowest BCUT2D eigenvalue weighted by atomic mass is 9.97. The quantitative estimate of drug-likeness (QED) is 0.781. The van der Waals surface area contributed by atoms with Gasteiger partial charge in [0.2, 0.25) is 0 Å². The van der Waals surface area contributed by atoms with Gasteiger partial charge in [-0.05, 0) is 59.9 Å². The van der Waals surface area contributed by atoms with Crippen molar-refractivity contribution in [3.63, 3.8) is 0 Å². The van der Waals surface area contributed by atoms with Gasteiger partial charge in [0.25, 0.3) is 0 Å². The molecule has 1 N–H and O–H groups in total. The van der Waals surface area contributed by atoms with Gasteiger partial charge in [-0.2, -0.15) is 0 Å². The zero-order valence-corrected chi connectivity index (χ0v) is 15.2. The van der Waals surface area contributed by atoms with Crippen LogP contribution >= 0.6 is 39.7 Å². The van der Waals surface area contributed by atoms with E-state index in [1.165, 1.54) is 41.1 Å². The van der Waals surface area contributed by atoms with Crippen LogP contribution in [0.5, 0.6) is 0 Å². The minimum absolute atomic E-state index is 0. The van der Waals surface area contributed by atoms with Crippen LogP contribution in [-0.4, -0.2) is 44.8 Å². The highest BCUT2D eigenvalue weighted by Gasteiger charge is 2.17. The number of ether oxygens (including phenoxy) is 1. The molecule has 2 heterocycles. The number of thiophene rings is 1. The van der Waals surface area contributed by atoms with Crippen LogP contribution in [0.3, 0.4) is 0 Å². The monoisotopic (exact) mass is 382 g/mol. The Morgan fingerprint density at radius 2 is 2.15 bits per heavy atom. The van der Waals surface area contributed by atoms with Gasteiger partial charge in [0.05, 0.1) is 10.4 Å². The molecular weight excluding hydrogens is 360 g/mol. The molecule has 0 amide bonds. The molecule has 0 bridgehead atoms. The largest absolute Gasteiger partial charge is 0.383 e. The van der Waals surface area contributed by atoms with Crippen LogP contribution in [-0.2, 0) is 11.3 Å². The topological polar surface area (TPSA) is 24.5 Å². The molecule has 1 aromatic rings. The second kappa shape index (κ2) is 10.1. The number of methoxy groups -OCH3 is 1. The molecule has 0 spiro atoms. The molecule has 0 aromatic carbocycles. The Balaban J connectivity index is 0.00000200. The lowest BCUT2D eigenvalue weighted by molar-refractivity contribution is 0.127. The highest BCUT2D eigenvalue weighted by Crippen LogP contribution is 2.24. The maximum atomic E-state index is 5.24. The van der Waals surface area contributed by atoms with Crippen molar-refractivity contribution >= 4 is 39.7 Å². The zero-order chi connectivity index (χ0) is 13.5. The fraction of sp³-hybridized carbons (Fsp3) is 0.714. The van der Waals surface area contributed by atoms with Crippen molar-refractivity contribution < 1.29 is 4.74 Å². The third-order valence-corrected chi connectivity index (χ3v) is 5.20. The van der Waals surface area contributed by atoms with E-state index in [0.29, 0.717) is 0 Å². The second-order valence-electron chi connectivity index (χ2n) is 5.13. The van der Waals surface area contributed by atoms with Gasteiger partial charge >= 0.3 is 0 Å². The van der Waals surface area contributed by atoms with E-state index in [0.717, 1.165) is 25.6 Å². The Morgan fingerprint density at radius 3 is 2.75 bits per heavy atom. The van der Waals surface area contributed by atoms with Gasteiger partial charge in [-0.3, -0.25) is 4.90 Å². The Hall–Kier alpha value is 0.350. The van der Waals surface area contributed by atoms with Crippen molar-refractivity contribution in [3.8, 4) is 0 Å². The number of hydrogen-bond acceptors (Lipinski definition) is 4. The Bertz CT molecular complexity index is 372. The fourth-order valence-corrected chi connectivity index (χ4v) is 4.07. The third-order valence-electron chi connectivity index (χ3n) is 3.60. The maximum absolute atomic E-state index is 5.24. The van der Waals surface area contributed by atoms with Crippen molar-refractivity contribution in [2.75, 3.05) is 39.9 Å². The first-order chi connectivity index (χ1) is 9.28. The van der Waals surface area contributed by atoms with Gasteiger partial charge in [0.1, 0.15) is 0 Å². The number of halogens is 2. The van der Waals surface area contributed by atoms with E-state index in [4.69, 9.17) is 4.74 Å². The lowest BCUT2D eigenvalue weighted by Gasteiger charge is -2.29. The van der Waals surface area contributed by atoms with Crippen LogP contribution in [0.25, 0.3) is 0 Å². The molecular formula is C14H24BrClN2OS. The fourth-order valence-electron chi connectivity index (χ4n) is 2.54. The summed E-state index contributed by atoms with van der Waals surface area (Å²) in [6.07, 6.45) is 2.61. The Morgan fingerprint density at radius 1 is 1.40 bits per heavy atom. The van der Waals surface area contributed by atoms with Crippen LogP contribution in [0.1, 0.15) is 17.7 Å². The summed E-state index contributed by atoms with van der Waals surface area (Å²) < 4.78 is 6.46. The average molecular weight is 384 g/mol. The van der Waals surface area contributed by atoms with Crippen LogP contribution in [0.15, 0.2) is 15.9 Å². The Labute approximate surface area is 140 Å². The molecule has 1 aliphatic rings. The Kier molecular flexibility index (Phi) is 9.33. The first kappa shape index (κ1) is 18.4. The van der Waals surface area contributed by atoms with Gasteiger partial charge in [0.15, 0.2) is 0 Å². The summed E-state index contributed by atoms with van der Waals surface area (Å²) in [6.45, 7) is 6.43. The van der Waals surface area contributed by atoms with E-state index in [1.807, 2.05) is 11.3 Å². The molecule has 0 unspecified atom stereocenters. The number of hydrogen-bond donors (Lipinski definition) is 1. The van der Waals surface area contributed by atoms with Crippen molar-refractivity contribution in [3.05, 3.63) is 20.8 Å². The summed E-state index contributed by atoms with van der Waals surface area (Å²) in [7, 11) is 1.78. The van der Waals surface area contributed by atoms with Crippen LogP contribution in [0.2, 0.25) is 0 Å². The van der Waals surface area contributed by atoms with Gasteiger partial charge in [-0.15, -0.1) is 23.7 Å². The molecule has 0 radical (unpaired) electrons. The van der Waals surface area contributed by atoms with Crippen LogP contribution in [0.4, 0.5) is 0 Å². The molecule has 1 aromatic heterocycles. The summed E-state index contributed by atoms with van der Waals surface area (Å²) >= 11 is 5.37. The number of nitrogens with one attached hydrogen (secondary N) is 1. The van der Waals surface area contributed by atoms with Crippen LogP contribution < -0.4 is 5.32 Å². The predicted molar refractivity (Wildman–Crippen MR) is 92.0 cm³/mol. The van der Waals surface area contributed by atoms with E-state index in [-0.39, 0.29) is 12.4 Å². The van der Waals surface area contributed by atoms with Crippen molar-refractivity contribution in [2.45, 2.75) is 19.4 Å². The van der Waals surface area contributed by atoms with Gasteiger partial charge in [-0.25, -0.2) is 0 Å². The normalized spacial score (nSPS) is 16.4. The minimum atomic E-state index is 0. The van der Waals surface area contributed by atoms with Gasteiger partial charge in [-0.1, -0.05) is 0 Å². The summed E-state index contributed by atoms with van der Waals surface area (Å²) in [5.41, 5.74) is 0. The van der Waals surface area contributed by atoms with Crippen molar-refractivity contribution in [2.24, 2.45) is 5.92 Å². The molecule has 20 heavy (non-hydrogen) atoms. The SMILES string of the molecule is COCCN(Cc1ccc(Br)s1)CC1CCNCC1.Cl. The molecule has 1 saturated heterocycles. The van der Waals surface area contributed by atoms with Gasteiger partial charge in [0, 0.05) is 31.6 Å².